The summed E-state index contributed by atoms with van der Waals surface area (Å²) in [6.45, 7) is 1.17. The summed E-state index contributed by atoms with van der Waals surface area (Å²) in [6.07, 6.45) is 5.06. The number of benzene rings is 2. The van der Waals surface area contributed by atoms with E-state index in [-0.39, 0.29) is 11.8 Å². The Hall–Kier alpha value is -3.45. The maximum atomic E-state index is 13.1. The number of carbonyl (C=O) groups excluding carboxylic acids is 1. The molecule has 0 radical (unpaired) electrons. The van der Waals surface area contributed by atoms with E-state index in [0.717, 1.165) is 40.0 Å². The maximum absolute atomic E-state index is 13.1. The molecule has 0 saturated heterocycles. The van der Waals surface area contributed by atoms with E-state index in [1.807, 2.05) is 48.7 Å². The molecule has 0 spiro atoms. The number of carboxylic acids is 1. The van der Waals surface area contributed by atoms with Crippen molar-refractivity contribution in [2.24, 2.45) is 11.8 Å². The number of rotatable bonds is 7. The van der Waals surface area contributed by atoms with Crippen molar-refractivity contribution in [3.8, 4) is 10.6 Å². The Kier molecular flexibility index (Phi) is 6.45. The smallest absolute Gasteiger partial charge is 0.306 e. The molecular formula is C27H27N3O3S. The van der Waals surface area contributed by atoms with E-state index >= 15 is 0 Å². The third-order valence-electron chi connectivity index (χ3n) is 6.69. The van der Waals surface area contributed by atoms with Gasteiger partial charge in [0.15, 0.2) is 0 Å². The minimum absolute atomic E-state index is 0.0887. The van der Waals surface area contributed by atoms with Crippen LogP contribution in [0.25, 0.3) is 21.5 Å². The number of para-hydroxylation sites is 1. The number of aliphatic carboxylic acids is 1. The summed E-state index contributed by atoms with van der Waals surface area (Å²) in [4.78, 5) is 29.1. The van der Waals surface area contributed by atoms with Gasteiger partial charge in [0, 0.05) is 29.1 Å². The highest BCUT2D eigenvalue weighted by atomic mass is 32.1. The monoisotopic (exact) mass is 473 g/mol. The van der Waals surface area contributed by atoms with Gasteiger partial charge in [0.1, 0.15) is 5.01 Å². The first-order valence-corrected chi connectivity index (χ1v) is 12.5. The van der Waals surface area contributed by atoms with Gasteiger partial charge in [0.2, 0.25) is 0 Å². The molecule has 0 atom stereocenters. The summed E-state index contributed by atoms with van der Waals surface area (Å²) in [5.41, 5.74) is 3.63. The lowest BCUT2D eigenvalue weighted by Gasteiger charge is -2.26. The molecule has 6 nitrogen and oxygen atoms in total. The highest BCUT2D eigenvalue weighted by Crippen LogP contribution is 2.29. The molecular weight excluding hydrogens is 446 g/mol. The summed E-state index contributed by atoms with van der Waals surface area (Å²) in [7, 11) is 0. The Bertz CT molecular complexity index is 1300. The van der Waals surface area contributed by atoms with E-state index in [2.05, 4.69) is 27.4 Å². The molecule has 1 saturated carbocycles. The van der Waals surface area contributed by atoms with Gasteiger partial charge in [-0.1, -0.05) is 42.5 Å². The summed E-state index contributed by atoms with van der Waals surface area (Å²) >= 11 is 1.63. The average Bonchev–Trinajstić information content (AvgIpc) is 3.51. The van der Waals surface area contributed by atoms with Crippen molar-refractivity contribution in [1.29, 1.82) is 0 Å². The molecule has 7 heteroatoms. The zero-order valence-electron chi connectivity index (χ0n) is 18.8. The summed E-state index contributed by atoms with van der Waals surface area (Å²) < 4.78 is 2.09. The van der Waals surface area contributed by atoms with Crippen molar-refractivity contribution in [3.05, 3.63) is 77.4 Å². The second-order valence-electron chi connectivity index (χ2n) is 8.96. The number of carbonyl (C=O) groups is 2. The Labute approximate surface area is 202 Å². The van der Waals surface area contributed by atoms with Crippen molar-refractivity contribution in [2.45, 2.75) is 32.2 Å². The number of thiazole rings is 1. The molecule has 5 rings (SSSR count). The molecule has 0 unspecified atom stereocenters. The fourth-order valence-corrected chi connectivity index (χ4v) is 5.61. The van der Waals surface area contributed by atoms with Gasteiger partial charge in [0.05, 0.1) is 29.2 Å². The number of carboxylic acid groups (broad SMARTS) is 1. The van der Waals surface area contributed by atoms with E-state index < -0.39 is 5.97 Å². The van der Waals surface area contributed by atoms with Gasteiger partial charge in [-0.2, -0.15) is 0 Å². The van der Waals surface area contributed by atoms with E-state index in [4.69, 9.17) is 4.98 Å². The molecule has 2 heterocycles. The lowest BCUT2D eigenvalue weighted by atomic mass is 9.82. The third-order valence-corrected chi connectivity index (χ3v) is 7.63. The van der Waals surface area contributed by atoms with Gasteiger partial charge in [-0.25, -0.2) is 4.98 Å². The number of hydrogen-bond donors (Lipinski definition) is 2. The summed E-state index contributed by atoms with van der Waals surface area (Å²) in [6, 6.07) is 18.0. The van der Waals surface area contributed by atoms with E-state index in [1.54, 1.807) is 11.3 Å². The molecule has 2 N–H and O–H groups in total. The average molecular weight is 474 g/mol. The second kappa shape index (κ2) is 9.81. The van der Waals surface area contributed by atoms with Crippen LogP contribution in [0.1, 0.15) is 41.7 Å². The van der Waals surface area contributed by atoms with E-state index in [1.165, 1.54) is 0 Å². The third kappa shape index (κ3) is 4.75. The van der Waals surface area contributed by atoms with Gasteiger partial charge in [-0.3, -0.25) is 9.59 Å². The molecule has 1 fully saturated rings. The normalized spacial score (nSPS) is 18.1. The summed E-state index contributed by atoms with van der Waals surface area (Å²) in [5.74, 6) is -0.700. The SMILES string of the molecule is O=C(NC[C@H]1CC[C@H](C(=O)O)CC1)c1cccc2ccn(Cc3csc(-c4ccccc4)n3)c12. The maximum Gasteiger partial charge on any atom is 0.306 e. The first-order valence-electron chi connectivity index (χ1n) is 11.7. The predicted molar refractivity (Wildman–Crippen MR) is 134 cm³/mol. The zero-order chi connectivity index (χ0) is 23.5. The Morgan fingerprint density at radius 1 is 1.03 bits per heavy atom. The van der Waals surface area contributed by atoms with Crippen LogP contribution in [0.4, 0.5) is 0 Å². The standard InChI is InChI=1S/C27H27N3O3S/c31-25(28-15-18-9-11-21(12-10-18)27(32)33)23-8-4-7-19-13-14-30(24(19)23)16-22-17-34-26(29-22)20-5-2-1-3-6-20/h1-8,13-14,17-18,21H,9-12,15-16H2,(H,28,31)(H,32,33)/t18-,21-. The Morgan fingerprint density at radius 2 is 1.82 bits per heavy atom. The minimum Gasteiger partial charge on any atom is -0.481 e. The fourth-order valence-electron chi connectivity index (χ4n) is 4.79. The molecule has 1 aliphatic rings. The van der Waals surface area contributed by atoms with Gasteiger partial charge in [-0.05, 0) is 43.7 Å². The molecule has 2 aromatic carbocycles. The number of aromatic nitrogens is 2. The first-order chi connectivity index (χ1) is 16.6. The number of amides is 1. The van der Waals surface area contributed by atoms with Crippen LogP contribution in [0.15, 0.2) is 66.2 Å². The van der Waals surface area contributed by atoms with Crippen molar-refractivity contribution in [2.75, 3.05) is 6.54 Å². The van der Waals surface area contributed by atoms with Crippen molar-refractivity contribution in [1.82, 2.24) is 14.9 Å². The topological polar surface area (TPSA) is 84.2 Å². The molecule has 4 aromatic rings. The van der Waals surface area contributed by atoms with Crippen LogP contribution in [-0.4, -0.2) is 33.1 Å². The lowest BCUT2D eigenvalue weighted by Crippen LogP contribution is -2.32. The number of hydrogen-bond acceptors (Lipinski definition) is 4. The number of fused-ring (bicyclic) bond motifs is 1. The second-order valence-corrected chi connectivity index (χ2v) is 9.82. The van der Waals surface area contributed by atoms with Crippen molar-refractivity contribution < 1.29 is 14.7 Å². The van der Waals surface area contributed by atoms with Crippen LogP contribution < -0.4 is 5.32 Å². The molecule has 174 valence electrons. The van der Waals surface area contributed by atoms with Crippen molar-refractivity contribution >= 4 is 34.1 Å². The predicted octanol–water partition coefficient (Wildman–Crippen LogP) is 5.43. The highest BCUT2D eigenvalue weighted by molar-refractivity contribution is 7.13. The molecule has 1 amide bonds. The molecule has 34 heavy (non-hydrogen) atoms. The van der Waals surface area contributed by atoms with Crippen LogP contribution in [0.5, 0.6) is 0 Å². The summed E-state index contributed by atoms with van der Waals surface area (Å²) in [5, 5.41) is 16.4. The van der Waals surface area contributed by atoms with Gasteiger partial charge in [0.25, 0.3) is 5.91 Å². The largest absolute Gasteiger partial charge is 0.481 e. The lowest BCUT2D eigenvalue weighted by molar-refractivity contribution is -0.143. The molecule has 2 aromatic heterocycles. The van der Waals surface area contributed by atoms with Crippen LogP contribution in [0.3, 0.4) is 0 Å². The van der Waals surface area contributed by atoms with Crippen molar-refractivity contribution in [3.63, 3.8) is 0 Å². The van der Waals surface area contributed by atoms with Crippen LogP contribution >= 0.6 is 11.3 Å². The van der Waals surface area contributed by atoms with Gasteiger partial charge >= 0.3 is 5.97 Å². The molecule has 1 aliphatic carbocycles. The number of nitrogens with one attached hydrogen (secondary N) is 1. The Morgan fingerprint density at radius 3 is 2.59 bits per heavy atom. The molecule has 0 bridgehead atoms. The first kappa shape index (κ1) is 22.3. The zero-order valence-corrected chi connectivity index (χ0v) is 19.6. The molecule has 0 aliphatic heterocycles. The number of nitrogens with zero attached hydrogens (tertiary/aromatic N) is 2. The van der Waals surface area contributed by atoms with E-state index in [0.29, 0.717) is 37.4 Å². The van der Waals surface area contributed by atoms with Crippen LogP contribution in [-0.2, 0) is 11.3 Å². The van der Waals surface area contributed by atoms with E-state index in [9.17, 15) is 14.7 Å². The van der Waals surface area contributed by atoms with Gasteiger partial charge < -0.3 is 15.0 Å². The Balaban J connectivity index is 1.30. The van der Waals surface area contributed by atoms with Gasteiger partial charge in [-0.15, -0.1) is 11.3 Å². The fraction of sp³-hybridized carbons (Fsp3) is 0.296. The van der Waals surface area contributed by atoms with Crippen LogP contribution in [0.2, 0.25) is 0 Å². The highest BCUT2D eigenvalue weighted by Gasteiger charge is 2.26. The van der Waals surface area contributed by atoms with Crippen LogP contribution in [0, 0.1) is 11.8 Å². The quantitative estimate of drug-likeness (QED) is 0.375. The minimum atomic E-state index is -0.703.